The number of aromatic nitrogens is 4. The maximum absolute atomic E-state index is 12.9. The summed E-state index contributed by atoms with van der Waals surface area (Å²) in [6.07, 6.45) is 0. The molecular weight excluding hydrogens is 454 g/mol. The second kappa shape index (κ2) is 9.11. The average Bonchev–Trinajstić information content (AvgIpc) is 3.28. The van der Waals surface area contributed by atoms with Gasteiger partial charge in [-0.25, -0.2) is 13.4 Å². The average molecular weight is 482 g/mol. The molecule has 0 aliphatic carbocycles. The topological polar surface area (TPSA) is 120 Å². The van der Waals surface area contributed by atoms with Crippen LogP contribution in [-0.4, -0.2) is 28.1 Å². The second-order valence-electron chi connectivity index (χ2n) is 8.56. The Morgan fingerprint density at radius 1 is 1.06 bits per heavy atom. The van der Waals surface area contributed by atoms with Crippen molar-refractivity contribution in [3.63, 3.8) is 0 Å². The lowest BCUT2D eigenvalue weighted by molar-refractivity contribution is 0.311. The SMILES string of the molecule is CCn1c(=O)c(C)nc2cc(-c3noc(C(NS(=O)(=O)c4ccc(C)cc4)C(C)C)n3)ccc21. The van der Waals surface area contributed by atoms with E-state index in [1.807, 2.05) is 27.7 Å². The van der Waals surface area contributed by atoms with Gasteiger partial charge in [0, 0.05) is 12.1 Å². The Hall–Kier alpha value is -3.37. The highest BCUT2D eigenvalue weighted by Gasteiger charge is 2.29. The number of nitrogens with zero attached hydrogens (tertiary/aromatic N) is 4. The Balaban J connectivity index is 1.68. The zero-order valence-corrected chi connectivity index (χ0v) is 20.5. The molecule has 0 amide bonds. The molecule has 0 fully saturated rings. The summed E-state index contributed by atoms with van der Waals surface area (Å²) in [5.74, 6) is 0.336. The van der Waals surface area contributed by atoms with Gasteiger partial charge in [0.2, 0.25) is 21.7 Å². The van der Waals surface area contributed by atoms with Gasteiger partial charge in [0.25, 0.3) is 5.56 Å². The zero-order chi connectivity index (χ0) is 24.6. The molecule has 2 aromatic carbocycles. The first-order chi connectivity index (χ1) is 16.1. The van der Waals surface area contributed by atoms with Gasteiger partial charge in [-0.2, -0.15) is 9.71 Å². The third-order valence-corrected chi connectivity index (χ3v) is 7.13. The van der Waals surface area contributed by atoms with Gasteiger partial charge in [0.1, 0.15) is 11.7 Å². The van der Waals surface area contributed by atoms with E-state index in [4.69, 9.17) is 4.52 Å². The first-order valence-electron chi connectivity index (χ1n) is 11.0. The van der Waals surface area contributed by atoms with E-state index < -0.39 is 16.1 Å². The highest BCUT2D eigenvalue weighted by Crippen LogP contribution is 2.27. The number of benzene rings is 2. The van der Waals surface area contributed by atoms with Crippen LogP contribution < -0.4 is 10.3 Å². The van der Waals surface area contributed by atoms with Crippen LogP contribution in [0.1, 0.15) is 44.0 Å². The van der Waals surface area contributed by atoms with E-state index in [1.54, 1.807) is 54.0 Å². The monoisotopic (exact) mass is 481 g/mol. The van der Waals surface area contributed by atoms with Crippen LogP contribution in [0.5, 0.6) is 0 Å². The van der Waals surface area contributed by atoms with Crippen molar-refractivity contribution in [2.24, 2.45) is 5.92 Å². The van der Waals surface area contributed by atoms with Crippen LogP contribution >= 0.6 is 0 Å². The molecule has 2 aromatic heterocycles. The van der Waals surface area contributed by atoms with Crippen molar-refractivity contribution in [3.8, 4) is 11.4 Å². The summed E-state index contributed by atoms with van der Waals surface area (Å²) in [7, 11) is -3.79. The van der Waals surface area contributed by atoms with Crippen molar-refractivity contribution < 1.29 is 12.9 Å². The normalized spacial score (nSPS) is 13.0. The molecule has 2 heterocycles. The highest BCUT2D eigenvalue weighted by atomic mass is 32.2. The number of aryl methyl sites for hydroxylation is 3. The fraction of sp³-hybridized carbons (Fsp3) is 0.333. The predicted octanol–water partition coefficient (Wildman–Crippen LogP) is 3.76. The molecule has 10 heteroatoms. The smallest absolute Gasteiger partial charge is 0.272 e. The molecule has 0 radical (unpaired) electrons. The molecule has 1 N–H and O–H groups in total. The minimum atomic E-state index is -3.79. The number of fused-ring (bicyclic) bond motifs is 1. The lowest BCUT2D eigenvalue weighted by Gasteiger charge is -2.18. The van der Waals surface area contributed by atoms with Crippen molar-refractivity contribution in [1.82, 2.24) is 24.4 Å². The van der Waals surface area contributed by atoms with Crippen LogP contribution in [0.4, 0.5) is 0 Å². The van der Waals surface area contributed by atoms with E-state index in [2.05, 4.69) is 19.8 Å². The molecule has 0 saturated heterocycles. The van der Waals surface area contributed by atoms with E-state index in [-0.39, 0.29) is 22.3 Å². The van der Waals surface area contributed by atoms with Crippen molar-refractivity contribution in [3.05, 3.63) is 70.0 Å². The molecule has 1 unspecified atom stereocenters. The summed E-state index contributed by atoms with van der Waals surface area (Å²) >= 11 is 0. The number of hydrogen-bond donors (Lipinski definition) is 1. The molecule has 0 aliphatic heterocycles. The van der Waals surface area contributed by atoms with Crippen molar-refractivity contribution in [1.29, 1.82) is 0 Å². The molecule has 0 saturated carbocycles. The quantitative estimate of drug-likeness (QED) is 0.427. The zero-order valence-electron chi connectivity index (χ0n) is 19.7. The van der Waals surface area contributed by atoms with Crippen LogP contribution in [0.15, 0.2) is 56.7 Å². The minimum Gasteiger partial charge on any atom is -0.337 e. The fourth-order valence-corrected chi connectivity index (χ4v) is 5.07. The lowest BCUT2D eigenvalue weighted by Crippen LogP contribution is -2.32. The van der Waals surface area contributed by atoms with Crippen molar-refractivity contribution >= 4 is 21.1 Å². The standard InChI is InChI=1S/C24H27N5O4S/c1-6-29-20-12-9-17(13-19(20)25-16(5)24(29)30)22-26-23(33-27-22)21(14(2)3)28-34(31,32)18-10-7-15(4)8-11-18/h7-14,21,28H,6H2,1-5H3. The van der Waals surface area contributed by atoms with Gasteiger partial charge < -0.3 is 9.09 Å². The Morgan fingerprint density at radius 2 is 1.76 bits per heavy atom. The van der Waals surface area contributed by atoms with Gasteiger partial charge in [-0.1, -0.05) is 36.7 Å². The van der Waals surface area contributed by atoms with Gasteiger partial charge in [0.15, 0.2) is 0 Å². The van der Waals surface area contributed by atoms with E-state index in [9.17, 15) is 13.2 Å². The molecule has 9 nitrogen and oxygen atoms in total. The Bertz CT molecular complexity index is 1500. The summed E-state index contributed by atoms with van der Waals surface area (Å²) in [6, 6.07) is 11.3. The summed E-state index contributed by atoms with van der Waals surface area (Å²) in [5, 5.41) is 4.08. The Labute approximate surface area is 197 Å². The summed E-state index contributed by atoms with van der Waals surface area (Å²) in [5.41, 5.74) is 3.27. The van der Waals surface area contributed by atoms with Crippen LogP contribution in [0.2, 0.25) is 0 Å². The van der Waals surface area contributed by atoms with Crippen molar-refractivity contribution in [2.75, 3.05) is 0 Å². The van der Waals surface area contributed by atoms with Gasteiger partial charge >= 0.3 is 0 Å². The van der Waals surface area contributed by atoms with Crippen LogP contribution in [0.3, 0.4) is 0 Å². The molecule has 34 heavy (non-hydrogen) atoms. The predicted molar refractivity (Wildman–Crippen MR) is 129 cm³/mol. The van der Waals surface area contributed by atoms with E-state index >= 15 is 0 Å². The van der Waals surface area contributed by atoms with Gasteiger partial charge in [-0.15, -0.1) is 0 Å². The number of nitrogens with one attached hydrogen (secondary N) is 1. The molecule has 4 aromatic rings. The molecule has 178 valence electrons. The fourth-order valence-electron chi connectivity index (χ4n) is 3.73. The maximum atomic E-state index is 12.9. The van der Waals surface area contributed by atoms with Crippen molar-refractivity contribution in [2.45, 2.75) is 52.1 Å². The number of hydrogen-bond acceptors (Lipinski definition) is 7. The summed E-state index contributed by atoms with van der Waals surface area (Å²) < 4.78 is 35.7. The Morgan fingerprint density at radius 3 is 2.41 bits per heavy atom. The molecule has 1 atom stereocenters. The van der Waals surface area contributed by atoms with E-state index in [0.29, 0.717) is 29.1 Å². The van der Waals surface area contributed by atoms with E-state index in [1.165, 1.54) is 0 Å². The van der Waals surface area contributed by atoms with Gasteiger partial charge in [-0.05, 0) is 57.0 Å². The van der Waals surface area contributed by atoms with E-state index in [0.717, 1.165) is 11.1 Å². The highest BCUT2D eigenvalue weighted by molar-refractivity contribution is 7.89. The van der Waals surface area contributed by atoms with Gasteiger partial charge in [-0.3, -0.25) is 4.79 Å². The first-order valence-corrected chi connectivity index (χ1v) is 12.5. The minimum absolute atomic E-state index is 0.120. The Kier molecular flexibility index (Phi) is 6.37. The van der Waals surface area contributed by atoms with Crippen LogP contribution in [0.25, 0.3) is 22.4 Å². The molecule has 0 spiro atoms. The third-order valence-electron chi connectivity index (χ3n) is 5.67. The molecular formula is C24H27N5O4S. The van der Waals surface area contributed by atoms with Gasteiger partial charge in [0.05, 0.1) is 15.9 Å². The summed E-state index contributed by atoms with van der Waals surface area (Å²) in [4.78, 5) is 21.4. The first kappa shape index (κ1) is 23.8. The third kappa shape index (κ3) is 4.51. The molecule has 4 rings (SSSR count). The number of rotatable bonds is 7. The molecule has 0 aliphatic rings. The molecule has 0 bridgehead atoms. The maximum Gasteiger partial charge on any atom is 0.272 e. The number of sulfonamides is 1. The van der Waals surface area contributed by atoms with Crippen LogP contribution in [0, 0.1) is 19.8 Å². The second-order valence-corrected chi connectivity index (χ2v) is 10.3. The van der Waals surface area contributed by atoms with Crippen LogP contribution in [-0.2, 0) is 16.6 Å². The lowest BCUT2D eigenvalue weighted by atomic mass is 10.1. The summed E-state index contributed by atoms with van der Waals surface area (Å²) in [6.45, 7) is 9.76. The largest absolute Gasteiger partial charge is 0.337 e.